The second-order valence-electron chi connectivity index (χ2n) is 4.49. The van der Waals surface area contributed by atoms with Crippen LogP contribution in [0.5, 0.6) is 5.75 Å². The van der Waals surface area contributed by atoms with Crippen molar-refractivity contribution < 1.29 is 14.6 Å². The number of hydrogen-bond donors (Lipinski definition) is 1. The highest BCUT2D eigenvalue weighted by molar-refractivity contribution is 7.99. The molecule has 3 nitrogen and oxygen atoms in total. The van der Waals surface area contributed by atoms with Gasteiger partial charge in [0, 0.05) is 22.8 Å². The van der Waals surface area contributed by atoms with E-state index in [1.807, 2.05) is 18.2 Å². The molecule has 100 valence electrons. The van der Waals surface area contributed by atoms with E-state index in [0.717, 1.165) is 41.4 Å². The Bertz CT molecular complexity index is 387. The molecule has 1 N–H and O–H groups in total. The van der Waals surface area contributed by atoms with Gasteiger partial charge in [0.25, 0.3) is 0 Å². The minimum Gasteiger partial charge on any atom is -0.496 e. The van der Waals surface area contributed by atoms with Crippen LogP contribution < -0.4 is 4.74 Å². The van der Waals surface area contributed by atoms with E-state index in [9.17, 15) is 5.11 Å². The van der Waals surface area contributed by atoms with Crippen LogP contribution in [0.2, 0.25) is 0 Å². The van der Waals surface area contributed by atoms with Crippen LogP contribution in [-0.4, -0.2) is 30.7 Å². The monoisotopic (exact) mass is 268 g/mol. The Hall–Kier alpha value is -0.710. The highest BCUT2D eigenvalue weighted by atomic mass is 32.2. The summed E-state index contributed by atoms with van der Waals surface area (Å²) in [7, 11) is 1.63. The number of benzene rings is 1. The van der Waals surface area contributed by atoms with E-state index in [1.54, 1.807) is 25.8 Å². The molecular formula is C14H20O3S. The average molecular weight is 268 g/mol. The molecule has 1 fully saturated rings. The number of aliphatic hydroxyl groups excluding tert-OH is 1. The Balaban J connectivity index is 2.10. The lowest BCUT2D eigenvalue weighted by atomic mass is 10.1. The van der Waals surface area contributed by atoms with E-state index >= 15 is 0 Å². The molecule has 0 bridgehead atoms. The van der Waals surface area contributed by atoms with Gasteiger partial charge >= 0.3 is 0 Å². The maximum atomic E-state index is 9.88. The number of thioether (sulfide) groups is 1. The summed E-state index contributed by atoms with van der Waals surface area (Å²) in [6, 6.07) is 5.88. The molecule has 1 aliphatic heterocycles. The fourth-order valence-electron chi connectivity index (χ4n) is 2.20. The number of methoxy groups -OCH3 is 1. The topological polar surface area (TPSA) is 38.7 Å². The first-order valence-corrected chi connectivity index (χ1v) is 7.30. The smallest absolute Gasteiger partial charge is 0.125 e. The van der Waals surface area contributed by atoms with Crippen molar-refractivity contribution in [3.63, 3.8) is 0 Å². The molecule has 18 heavy (non-hydrogen) atoms. The molecule has 0 aromatic heterocycles. The van der Waals surface area contributed by atoms with Gasteiger partial charge in [0.1, 0.15) is 5.75 Å². The van der Waals surface area contributed by atoms with Crippen LogP contribution >= 0.6 is 11.8 Å². The van der Waals surface area contributed by atoms with Gasteiger partial charge in [-0.05, 0) is 31.9 Å². The lowest BCUT2D eigenvalue weighted by Crippen LogP contribution is -2.08. The number of rotatable bonds is 5. The quantitative estimate of drug-likeness (QED) is 0.833. The maximum absolute atomic E-state index is 9.88. The number of hydrogen-bond acceptors (Lipinski definition) is 4. The van der Waals surface area contributed by atoms with Gasteiger partial charge < -0.3 is 14.6 Å². The second kappa shape index (κ2) is 6.45. The third kappa shape index (κ3) is 3.19. The lowest BCUT2D eigenvalue weighted by molar-refractivity contribution is 0.129. The van der Waals surface area contributed by atoms with E-state index < -0.39 is 6.10 Å². The molecule has 0 spiro atoms. The molecule has 1 unspecified atom stereocenters. The van der Waals surface area contributed by atoms with Gasteiger partial charge in [-0.15, -0.1) is 11.8 Å². The Labute approximate surface area is 112 Å². The zero-order chi connectivity index (χ0) is 13.0. The second-order valence-corrected chi connectivity index (χ2v) is 5.56. The zero-order valence-electron chi connectivity index (χ0n) is 10.9. The molecule has 4 heteroatoms. The van der Waals surface area contributed by atoms with Crippen LogP contribution in [0.3, 0.4) is 0 Å². The predicted octanol–water partition coefficient (Wildman–Crippen LogP) is 3.02. The van der Waals surface area contributed by atoms with Crippen molar-refractivity contribution in [2.45, 2.75) is 36.9 Å². The van der Waals surface area contributed by atoms with Crippen molar-refractivity contribution in [1.29, 1.82) is 0 Å². The number of aliphatic hydroxyl groups is 1. The largest absolute Gasteiger partial charge is 0.496 e. The summed E-state index contributed by atoms with van der Waals surface area (Å²) in [5, 5.41) is 9.88. The van der Waals surface area contributed by atoms with Gasteiger partial charge in [-0.3, -0.25) is 0 Å². The van der Waals surface area contributed by atoms with Crippen LogP contribution in [0.15, 0.2) is 23.1 Å². The van der Waals surface area contributed by atoms with E-state index in [4.69, 9.17) is 9.47 Å². The van der Waals surface area contributed by atoms with Crippen molar-refractivity contribution in [2.75, 3.05) is 19.5 Å². The molecule has 0 saturated carbocycles. The van der Waals surface area contributed by atoms with Crippen molar-refractivity contribution in [1.82, 2.24) is 0 Å². The normalized spacial score (nSPS) is 20.9. The molecule has 1 aromatic rings. The average Bonchev–Trinajstić information content (AvgIpc) is 2.88. The van der Waals surface area contributed by atoms with E-state index in [1.165, 1.54) is 0 Å². The number of ether oxygens (including phenoxy) is 2. The van der Waals surface area contributed by atoms with E-state index in [0.29, 0.717) is 6.10 Å². The molecule has 1 aromatic carbocycles. The van der Waals surface area contributed by atoms with Gasteiger partial charge in [-0.1, -0.05) is 6.07 Å². The summed E-state index contributed by atoms with van der Waals surface area (Å²) < 4.78 is 10.9. The first-order valence-electron chi connectivity index (χ1n) is 6.31. The summed E-state index contributed by atoms with van der Waals surface area (Å²) in [6.07, 6.45) is 2.13. The van der Waals surface area contributed by atoms with Crippen LogP contribution in [0, 0.1) is 0 Å². The molecule has 1 aliphatic rings. The first kappa shape index (κ1) is 13.7. The van der Waals surface area contributed by atoms with Crippen LogP contribution in [0.4, 0.5) is 0 Å². The van der Waals surface area contributed by atoms with Gasteiger partial charge in [0.15, 0.2) is 0 Å². The van der Waals surface area contributed by atoms with Gasteiger partial charge in [0.05, 0.1) is 19.3 Å². The third-order valence-corrected chi connectivity index (χ3v) is 4.32. The fraction of sp³-hybridized carbons (Fsp3) is 0.571. The van der Waals surface area contributed by atoms with Gasteiger partial charge in [-0.2, -0.15) is 0 Å². The Kier molecular flexibility index (Phi) is 4.92. The zero-order valence-corrected chi connectivity index (χ0v) is 11.7. The highest BCUT2D eigenvalue weighted by Gasteiger charge is 2.19. The van der Waals surface area contributed by atoms with Crippen LogP contribution in [0.1, 0.15) is 31.4 Å². The molecule has 2 rings (SSSR count). The summed E-state index contributed by atoms with van der Waals surface area (Å²) in [4.78, 5) is 1.08. The summed E-state index contributed by atoms with van der Waals surface area (Å²) in [5.41, 5.74) is 0.878. The molecular weight excluding hydrogens is 248 g/mol. The molecule has 2 atom stereocenters. The molecule has 1 heterocycles. The third-order valence-electron chi connectivity index (χ3n) is 3.11. The molecule has 0 aliphatic carbocycles. The maximum Gasteiger partial charge on any atom is 0.125 e. The van der Waals surface area contributed by atoms with Crippen molar-refractivity contribution in [2.24, 2.45) is 0 Å². The van der Waals surface area contributed by atoms with Crippen molar-refractivity contribution in [3.8, 4) is 5.75 Å². The summed E-state index contributed by atoms with van der Waals surface area (Å²) >= 11 is 1.74. The summed E-state index contributed by atoms with van der Waals surface area (Å²) in [6.45, 7) is 2.65. The van der Waals surface area contributed by atoms with Crippen molar-refractivity contribution in [3.05, 3.63) is 23.8 Å². The van der Waals surface area contributed by atoms with Gasteiger partial charge in [0.2, 0.25) is 0 Å². The fourth-order valence-corrected chi connectivity index (χ4v) is 3.43. The predicted molar refractivity (Wildman–Crippen MR) is 73.3 cm³/mol. The minimum absolute atomic E-state index is 0.350. The molecule has 1 saturated heterocycles. The van der Waals surface area contributed by atoms with Crippen LogP contribution in [-0.2, 0) is 4.74 Å². The molecule has 0 amide bonds. The minimum atomic E-state index is -0.520. The Morgan fingerprint density at radius 2 is 2.39 bits per heavy atom. The van der Waals surface area contributed by atoms with Crippen molar-refractivity contribution >= 4 is 11.8 Å². The molecule has 0 radical (unpaired) electrons. The Morgan fingerprint density at radius 1 is 1.56 bits per heavy atom. The summed E-state index contributed by atoms with van der Waals surface area (Å²) in [5.74, 6) is 1.69. The Morgan fingerprint density at radius 3 is 3.00 bits per heavy atom. The van der Waals surface area contributed by atoms with Gasteiger partial charge in [-0.25, -0.2) is 0 Å². The standard InChI is InChI=1S/C14H20O3S/c1-10(15)14-12(16-2)6-3-7-13(14)18-9-11-5-4-8-17-11/h3,6-7,10-11,15H,4-5,8-9H2,1-2H3/t10-,11?/m0/s1. The first-order chi connectivity index (χ1) is 8.72. The van der Waals surface area contributed by atoms with E-state index in [2.05, 4.69) is 0 Å². The van der Waals surface area contributed by atoms with E-state index in [-0.39, 0.29) is 0 Å². The van der Waals surface area contributed by atoms with Crippen LogP contribution in [0.25, 0.3) is 0 Å². The SMILES string of the molecule is COc1cccc(SCC2CCCO2)c1[C@H](C)O. The highest BCUT2D eigenvalue weighted by Crippen LogP contribution is 2.35. The lowest BCUT2D eigenvalue weighted by Gasteiger charge is -2.17.